The average molecular weight is 264 g/mol. The predicted octanol–water partition coefficient (Wildman–Crippen LogP) is 1.37. The quantitative estimate of drug-likeness (QED) is 0.816. The van der Waals surface area contributed by atoms with Gasteiger partial charge in [-0.2, -0.15) is 0 Å². The second-order valence-electron chi connectivity index (χ2n) is 5.05. The summed E-state index contributed by atoms with van der Waals surface area (Å²) >= 11 is 0. The van der Waals surface area contributed by atoms with Crippen LogP contribution in [0, 0.1) is 5.92 Å². The first kappa shape index (κ1) is 13.8. The van der Waals surface area contributed by atoms with E-state index in [1.807, 2.05) is 19.1 Å². The van der Waals surface area contributed by atoms with Crippen molar-refractivity contribution in [2.75, 3.05) is 19.6 Å². The number of amides is 1. The van der Waals surface area contributed by atoms with Crippen molar-refractivity contribution < 1.29 is 14.0 Å². The van der Waals surface area contributed by atoms with Crippen LogP contribution >= 0.6 is 0 Å². The number of rotatable bonds is 5. The van der Waals surface area contributed by atoms with Crippen LogP contribution in [0.4, 0.5) is 0 Å². The molecule has 1 N–H and O–H groups in total. The second-order valence-corrected chi connectivity index (χ2v) is 5.05. The molecule has 19 heavy (non-hydrogen) atoms. The van der Waals surface area contributed by atoms with E-state index in [9.17, 15) is 9.59 Å². The van der Waals surface area contributed by atoms with Gasteiger partial charge in [-0.25, -0.2) is 0 Å². The fourth-order valence-corrected chi connectivity index (χ4v) is 2.35. The molecule has 1 aliphatic rings. The van der Waals surface area contributed by atoms with Crippen molar-refractivity contribution in [3.63, 3.8) is 0 Å². The van der Waals surface area contributed by atoms with Crippen molar-refractivity contribution in [2.45, 2.75) is 25.8 Å². The number of nitrogens with one attached hydrogen (secondary N) is 1. The third-order valence-electron chi connectivity index (χ3n) is 3.54. The molecule has 0 saturated carbocycles. The van der Waals surface area contributed by atoms with E-state index in [1.54, 1.807) is 6.26 Å². The SMILES string of the molecule is CC(NC(=O)CN1CCC(C=O)CC1)c1ccco1. The lowest BCUT2D eigenvalue weighted by Crippen LogP contribution is -2.42. The minimum absolute atomic E-state index is 0.00606. The number of hydrogen-bond acceptors (Lipinski definition) is 4. The lowest BCUT2D eigenvalue weighted by atomic mass is 9.99. The lowest BCUT2D eigenvalue weighted by molar-refractivity contribution is -0.123. The highest BCUT2D eigenvalue weighted by atomic mass is 16.3. The number of piperidine rings is 1. The van der Waals surface area contributed by atoms with Gasteiger partial charge in [-0.15, -0.1) is 0 Å². The lowest BCUT2D eigenvalue weighted by Gasteiger charge is -2.29. The molecule has 2 heterocycles. The van der Waals surface area contributed by atoms with Crippen LogP contribution in [0.3, 0.4) is 0 Å². The van der Waals surface area contributed by atoms with Gasteiger partial charge in [0, 0.05) is 5.92 Å². The summed E-state index contributed by atoms with van der Waals surface area (Å²) in [6, 6.07) is 3.54. The van der Waals surface area contributed by atoms with Crippen molar-refractivity contribution in [3.8, 4) is 0 Å². The number of hydrogen-bond donors (Lipinski definition) is 1. The summed E-state index contributed by atoms with van der Waals surface area (Å²) in [6.45, 7) is 3.91. The van der Waals surface area contributed by atoms with Crippen LogP contribution in [0.15, 0.2) is 22.8 Å². The third kappa shape index (κ3) is 3.92. The summed E-state index contributed by atoms with van der Waals surface area (Å²) in [4.78, 5) is 24.6. The van der Waals surface area contributed by atoms with E-state index < -0.39 is 0 Å². The van der Waals surface area contributed by atoms with Gasteiger partial charge in [0.2, 0.25) is 5.91 Å². The Bertz CT molecular complexity index is 408. The van der Waals surface area contributed by atoms with Crippen LogP contribution in [0.1, 0.15) is 31.6 Å². The zero-order valence-electron chi connectivity index (χ0n) is 11.2. The zero-order chi connectivity index (χ0) is 13.7. The first-order valence-electron chi connectivity index (χ1n) is 6.69. The maximum absolute atomic E-state index is 11.9. The molecule has 1 aliphatic heterocycles. The number of carbonyl (C=O) groups excluding carboxylic acids is 2. The normalized spacial score (nSPS) is 19.0. The number of likely N-dealkylation sites (tertiary alicyclic amines) is 1. The van der Waals surface area contributed by atoms with Crippen molar-refractivity contribution >= 4 is 12.2 Å². The Morgan fingerprint density at radius 2 is 2.32 bits per heavy atom. The first-order valence-corrected chi connectivity index (χ1v) is 6.69. The third-order valence-corrected chi connectivity index (χ3v) is 3.54. The Hall–Kier alpha value is -1.62. The van der Waals surface area contributed by atoms with Gasteiger partial charge in [0.1, 0.15) is 12.0 Å². The van der Waals surface area contributed by atoms with Gasteiger partial charge in [-0.05, 0) is 45.0 Å². The van der Waals surface area contributed by atoms with Crippen molar-refractivity contribution in [3.05, 3.63) is 24.2 Å². The van der Waals surface area contributed by atoms with E-state index in [2.05, 4.69) is 10.2 Å². The van der Waals surface area contributed by atoms with Crippen LogP contribution < -0.4 is 5.32 Å². The van der Waals surface area contributed by atoms with Crippen LogP contribution in [0.5, 0.6) is 0 Å². The first-order chi connectivity index (χ1) is 9.19. The van der Waals surface area contributed by atoms with Gasteiger partial charge >= 0.3 is 0 Å². The van der Waals surface area contributed by atoms with Crippen molar-refractivity contribution in [2.24, 2.45) is 5.92 Å². The minimum atomic E-state index is -0.116. The van der Waals surface area contributed by atoms with Gasteiger partial charge in [-0.3, -0.25) is 9.69 Å². The summed E-state index contributed by atoms with van der Waals surface area (Å²) in [6.07, 6.45) is 4.33. The zero-order valence-corrected chi connectivity index (χ0v) is 11.2. The summed E-state index contributed by atoms with van der Waals surface area (Å²) in [5.74, 6) is 0.919. The van der Waals surface area contributed by atoms with E-state index in [0.717, 1.165) is 38.0 Å². The molecule has 0 bridgehead atoms. The summed E-state index contributed by atoms with van der Waals surface area (Å²) < 4.78 is 5.25. The monoisotopic (exact) mass is 264 g/mol. The van der Waals surface area contributed by atoms with Crippen LogP contribution in [0.25, 0.3) is 0 Å². The van der Waals surface area contributed by atoms with E-state index in [4.69, 9.17) is 4.42 Å². The smallest absolute Gasteiger partial charge is 0.234 e. The highest BCUT2D eigenvalue weighted by Gasteiger charge is 2.21. The van der Waals surface area contributed by atoms with Crippen LogP contribution in [0.2, 0.25) is 0 Å². The maximum atomic E-state index is 11.9. The van der Waals surface area contributed by atoms with Crippen molar-refractivity contribution in [1.82, 2.24) is 10.2 Å². The number of nitrogens with zero attached hydrogens (tertiary/aromatic N) is 1. The Morgan fingerprint density at radius 1 is 1.58 bits per heavy atom. The molecular formula is C14H20N2O3. The Morgan fingerprint density at radius 3 is 2.89 bits per heavy atom. The highest BCUT2D eigenvalue weighted by molar-refractivity contribution is 5.78. The molecule has 1 aromatic rings. The molecule has 2 rings (SSSR count). The Labute approximate surface area is 113 Å². The summed E-state index contributed by atoms with van der Waals surface area (Å²) in [5, 5.41) is 2.91. The molecule has 1 amide bonds. The molecular weight excluding hydrogens is 244 g/mol. The van der Waals surface area contributed by atoms with Gasteiger partial charge < -0.3 is 14.5 Å². The maximum Gasteiger partial charge on any atom is 0.234 e. The summed E-state index contributed by atoms with van der Waals surface area (Å²) in [5.41, 5.74) is 0. The van der Waals surface area contributed by atoms with Crippen LogP contribution in [-0.4, -0.2) is 36.7 Å². The molecule has 0 aliphatic carbocycles. The second kappa shape index (κ2) is 6.52. The van der Waals surface area contributed by atoms with E-state index >= 15 is 0 Å². The topological polar surface area (TPSA) is 62.6 Å². The fourth-order valence-electron chi connectivity index (χ4n) is 2.35. The summed E-state index contributed by atoms with van der Waals surface area (Å²) in [7, 11) is 0. The van der Waals surface area contributed by atoms with Gasteiger partial charge in [-0.1, -0.05) is 0 Å². The fraction of sp³-hybridized carbons (Fsp3) is 0.571. The molecule has 5 heteroatoms. The van der Waals surface area contributed by atoms with Crippen LogP contribution in [-0.2, 0) is 9.59 Å². The van der Waals surface area contributed by atoms with Gasteiger partial charge in [0.25, 0.3) is 0 Å². The highest BCUT2D eigenvalue weighted by Crippen LogP contribution is 2.15. The molecule has 0 aromatic carbocycles. The number of carbonyl (C=O) groups is 2. The minimum Gasteiger partial charge on any atom is -0.467 e. The predicted molar refractivity (Wildman–Crippen MR) is 70.5 cm³/mol. The molecule has 1 saturated heterocycles. The molecule has 1 atom stereocenters. The van der Waals surface area contributed by atoms with E-state index in [-0.39, 0.29) is 17.9 Å². The molecule has 1 aromatic heterocycles. The van der Waals surface area contributed by atoms with E-state index in [0.29, 0.717) is 6.54 Å². The van der Waals surface area contributed by atoms with Gasteiger partial charge in [0.05, 0.1) is 18.8 Å². The standard InChI is InChI=1S/C14H20N2O3/c1-11(13-3-2-8-19-13)15-14(18)9-16-6-4-12(10-17)5-7-16/h2-3,8,10-12H,4-7,9H2,1H3,(H,15,18). The molecule has 1 unspecified atom stereocenters. The van der Waals surface area contributed by atoms with E-state index in [1.165, 1.54) is 0 Å². The number of aldehydes is 1. The molecule has 0 radical (unpaired) electrons. The molecule has 104 valence electrons. The average Bonchev–Trinajstić information content (AvgIpc) is 2.93. The molecule has 1 fully saturated rings. The molecule has 0 spiro atoms. The Balaban J connectivity index is 1.74. The van der Waals surface area contributed by atoms with Crippen molar-refractivity contribution in [1.29, 1.82) is 0 Å². The molecule has 5 nitrogen and oxygen atoms in total. The Kier molecular flexibility index (Phi) is 4.74. The van der Waals surface area contributed by atoms with Gasteiger partial charge in [0.15, 0.2) is 0 Å². The largest absolute Gasteiger partial charge is 0.467 e. The number of furan rings is 1.